The number of nitrogens with zero attached hydrogens (tertiary/aromatic N) is 2. The van der Waals surface area contributed by atoms with Gasteiger partial charge in [0.15, 0.2) is 5.78 Å². The Morgan fingerprint density at radius 1 is 1.04 bits per heavy atom. The quantitative estimate of drug-likeness (QED) is 0.816. The van der Waals surface area contributed by atoms with Crippen molar-refractivity contribution in [2.75, 3.05) is 33.3 Å². The van der Waals surface area contributed by atoms with Gasteiger partial charge in [0.2, 0.25) is 0 Å². The molecule has 0 aromatic heterocycles. The molecule has 0 spiro atoms. The van der Waals surface area contributed by atoms with Gasteiger partial charge < -0.3 is 9.64 Å². The second-order valence-electron chi connectivity index (χ2n) is 7.38. The number of ketones is 1. The largest absolute Gasteiger partial charge is 0.497 e. The Morgan fingerprint density at radius 3 is 2.44 bits per heavy atom. The summed E-state index contributed by atoms with van der Waals surface area (Å²) in [6.07, 6.45) is 3.29. The summed E-state index contributed by atoms with van der Waals surface area (Å²) < 4.78 is 5.22. The number of benzene rings is 2. The van der Waals surface area contributed by atoms with Crippen LogP contribution in [0.2, 0.25) is 0 Å². The normalized spacial score (nSPS) is 18.1. The van der Waals surface area contributed by atoms with Crippen molar-refractivity contribution in [2.45, 2.75) is 19.3 Å². The zero-order chi connectivity index (χ0) is 18.6. The highest BCUT2D eigenvalue weighted by Crippen LogP contribution is 2.27. The van der Waals surface area contributed by atoms with E-state index in [-0.39, 0.29) is 5.78 Å². The van der Waals surface area contributed by atoms with Crippen LogP contribution in [0.4, 0.5) is 0 Å². The van der Waals surface area contributed by atoms with Gasteiger partial charge in [0, 0.05) is 29.3 Å². The van der Waals surface area contributed by atoms with E-state index >= 15 is 0 Å². The first kappa shape index (κ1) is 17.9. The molecule has 2 aromatic rings. The van der Waals surface area contributed by atoms with Crippen LogP contribution < -0.4 is 4.74 Å². The first-order valence-electron chi connectivity index (χ1n) is 9.77. The number of hydrogen-bond donors (Lipinski definition) is 0. The second kappa shape index (κ2) is 8.05. The SMILES string of the molecule is COc1ccc(CCN2CCC(C3=NCC(=O)c4ccccc43)CC2)cc1. The number of likely N-dealkylation sites (tertiary alicyclic amines) is 1. The van der Waals surface area contributed by atoms with Crippen LogP contribution >= 0.6 is 0 Å². The molecule has 2 aromatic carbocycles. The number of hydrogen-bond acceptors (Lipinski definition) is 4. The fraction of sp³-hybridized carbons (Fsp3) is 0.391. The number of fused-ring (bicyclic) bond motifs is 1. The summed E-state index contributed by atoms with van der Waals surface area (Å²) in [6, 6.07) is 16.3. The fourth-order valence-electron chi connectivity index (χ4n) is 4.14. The third-order valence-corrected chi connectivity index (χ3v) is 5.75. The van der Waals surface area contributed by atoms with Crippen LogP contribution in [0, 0.1) is 5.92 Å². The van der Waals surface area contributed by atoms with Gasteiger partial charge in [-0.25, -0.2) is 0 Å². The molecule has 0 bridgehead atoms. The first-order valence-corrected chi connectivity index (χ1v) is 9.77. The molecule has 4 nitrogen and oxygen atoms in total. The van der Waals surface area contributed by atoms with Crippen molar-refractivity contribution in [3.05, 3.63) is 65.2 Å². The molecule has 2 aliphatic heterocycles. The zero-order valence-corrected chi connectivity index (χ0v) is 15.9. The minimum absolute atomic E-state index is 0.145. The molecule has 0 N–H and O–H groups in total. The number of rotatable bonds is 5. The number of carbonyl (C=O) groups is 1. The standard InChI is InChI=1S/C23H26N2O2/c1-27-19-8-6-17(7-9-19)10-13-25-14-11-18(12-15-25)23-21-5-3-2-4-20(21)22(26)16-24-23/h2-9,18H,10-16H2,1H3. The molecule has 2 aliphatic rings. The third-order valence-electron chi connectivity index (χ3n) is 5.75. The lowest BCUT2D eigenvalue weighted by Gasteiger charge is -2.33. The Morgan fingerprint density at radius 2 is 1.74 bits per heavy atom. The highest BCUT2D eigenvalue weighted by Gasteiger charge is 2.28. The average molecular weight is 362 g/mol. The number of methoxy groups -OCH3 is 1. The lowest BCUT2D eigenvalue weighted by Crippen LogP contribution is -2.38. The summed E-state index contributed by atoms with van der Waals surface area (Å²) in [7, 11) is 1.70. The van der Waals surface area contributed by atoms with Gasteiger partial charge in [0.25, 0.3) is 0 Å². The van der Waals surface area contributed by atoms with Crippen molar-refractivity contribution in [1.82, 2.24) is 4.90 Å². The Kier molecular flexibility index (Phi) is 5.35. The van der Waals surface area contributed by atoms with Gasteiger partial charge in [-0.1, -0.05) is 36.4 Å². The van der Waals surface area contributed by atoms with Crippen LogP contribution in [-0.4, -0.2) is 49.7 Å². The average Bonchev–Trinajstić information content (AvgIpc) is 2.74. The van der Waals surface area contributed by atoms with E-state index in [4.69, 9.17) is 4.74 Å². The smallest absolute Gasteiger partial charge is 0.184 e. The number of aliphatic imine (C=N–C) groups is 1. The van der Waals surface area contributed by atoms with Gasteiger partial charge in [-0.3, -0.25) is 9.79 Å². The lowest BCUT2D eigenvalue weighted by molar-refractivity contribution is 0.0999. The monoisotopic (exact) mass is 362 g/mol. The number of piperidine rings is 1. The first-order chi connectivity index (χ1) is 13.2. The van der Waals surface area contributed by atoms with Gasteiger partial charge >= 0.3 is 0 Å². The number of carbonyl (C=O) groups excluding carboxylic acids is 1. The van der Waals surface area contributed by atoms with Crippen molar-refractivity contribution >= 4 is 11.5 Å². The van der Waals surface area contributed by atoms with E-state index in [0.717, 1.165) is 61.5 Å². The molecule has 1 saturated heterocycles. The van der Waals surface area contributed by atoms with E-state index < -0.39 is 0 Å². The molecule has 0 atom stereocenters. The molecule has 0 saturated carbocycles. The van der Waals surface area contributed by atoms with Gasteiger partial charge in [0.05, 0.1) is 7.11 Å². The maximum atomic E-state index is 12.1. The van der Waals surface area contributed by atoms with Crippen molar-refractivity contribution in [3.8, 4) is 5.75 Å². The van der Waals surface area contributed by atoms with Crippen LogP contribution in [0.25, 0.3) is 0 Å². The van der Waals surface area contributed by atoms with Gasteiger partial charge in [-0.15, -0.1) is 0 Å². The molecule has 4 rings (SSSR count). The summed E-state index contributed by atoms with van der Waals surface area (Å²) in [5.41, 5.74) is 4.41. The topological polar surface area (TPSA) is 41.9 Å². The third kappa shape index (κ3) is 3.96. The van der Waals surface area contributed by atoms with Crippen molar-refractivity contribution in [2.24, 2.45) is 10.9 Å². The van der Waals surface area contributed by atoms with Crippen molar-refractivity contribution in [3.63, 3.8) is 0 Å². The summed E-state index contributed by atoms with van der Waals surface area (Å²) in [5.74, 6) is 1.52. The fourth-order valence-corrected chi connectivity index (χ4v) is 4.14. The Hall–Kier alpha value is -2.46. The van der Waals surface area contributed by atoms with Gasteiger partial charge in [0.1, 0.15) is 12.3 Å². The molecule has 2 heterocycles. The van der Waals surface area contributed by atoms with E-state index in [1.54, 1.807) is 7.11 Å². The van der Waals surface area contributed by atoms with Crippen LogP contribution in [0.5, 0.6) is 5.75 Å². The Bertz CT molecular complexity index is 834. The minimum atomic E-state index is 0.145. The maximum absolute atomic E-state index is 12.1. The highest BCUT2D eigenvalue weighted by atomic mass is 16.5. The van der Waals surface area contributed by atoms with E-state index in [2.05, 4.69) is 28.1 Å². The van der Waals surface area contributed by atoms with Crippen molar-refractivity contribution in [1.29, 1.82) is 0 Å². The lowest BCUT2D eigenvalue weighted by atomic mass is 9.84. The molecule has 0 aliphatic carbocycles. The Labute approximate surface area is 160 Å². The molecular weight excluding hydrogens is 336 g/mol. The van der Waals surface area contributed by atoms with Crippen LogP contribution in [-0.2, 0) is 6.42 Å². The van der Waals surface area contributed by atoms with Gasteiger partial charge in [-0.2, -0.15) is 0 Å². The predicted molar refractivity (Wildman–Crippen MR) is 108 cm³/mol. The second-order valence-corrected chi connectivity index (χ2v) is 7.38. The predicted octanol–water partition coefficient (Wildman–Crippen LogP) is 3.64. The van der Waals surface area contributed by atoms with E-state index in [0.29, 0.717) is 12.5 Å². The molecule has 140 valence electrons. The number of ether oxygens (including phenoxy) is 1. The summed E-state index contributed by atoms with van der Waals surface area (Å²) in [4.78, 5) is 19.3. The summed E-state index contributed by atoms with van der Waals surface area (Å²) in [6.45, 7) is 3.58. The summed E-state index contributed by atoms with van der Waals surface area (Å²) >= 11 is 0. The molecule has 4 heteroatoms. The van der Waals surface area contributed by atoms with E-state index in [1.807, 2.05) is 30.3 Å². The molecule has 1 fully saturated rings. The minimum Gasteiger partial charge on any atom is -0.497 e. The highest BCUT2D eigenvalue weighted by molar-refractivity contribution is 6.16. The van der Waals surface area contributed by atoms with E-state index in [1.165, 1.54) is 5.56 Å². The molecule has 0 amide bonds. The van der Waals surface area contributed by atoms with Crippen molar-refractivity contribution < 1.29 is 9.53 Å². The molecule has 0 unspecified atom stereocenters. The zero-order valence-electron chi connectivity index (χ0n) is 15.9. The Balaban J connectivity index is 1.33. The van der Waals surface area contributed by atoms with Crippen LogP contribution in [0.1, 0.15) is 34.3 Å². The summed E-state index contributed by atoms with van der Waals surface area (Å²) in [5, 5.41) is 0. The molecule has 27 heavy (non-hydrogen) atoms. The van der Waals surface area contributed by atoms with Gasteiger partial charge in [-0.05, 0) is 50.0 Å². The van der Waals surface area contributed by atoms with Crippen LogP contribution in [0.3, 0.4) is 0 Å². The van der Waals surface area contributed by atoms with E-state index in [9.17, 15) is 4.79 Å². The maximum Gasteiger partial charge on any atom is 0.184 e. The molecule has 0 radical (unpaired) electrons. The van der Waals surface area contributed by atoms with Crippen LogP contribution in [0.15, 0.2) is 53.5 Å². The number of Topliss-reactive ketones (excluding diaryl/α,β-unsaturated/α-hetero) is 1. The molecular formula is C23H26N2O2.